The Labute approximate surface area is 125 Å². The van der Waals surface area contributed by atoms with Crippen molar-refractivity contribution in [1.82, 2.24) is 0 Å². The summed E-state index contributed by atoms with van der Waals surface area (Å²) in [6.45, 7) is 11.2. The molecule has 0 bridgehead atoms. The van der Waals surface area contributed by atoms with Crippen molar-refractivity contribution < 1.29 is 0 Å². The smallest absolute Gasteiger partial charge is 0.0368 e. The van der Waals surface area contributed by atoms with Gasteiger partial charge in [0.05, 0.1) is 0 Å². The van der Waals surface area contributed by atoms with Crippen molar-refractivity contribution in [3.05, 3.63) is 29.3 Å². The lowest BCUT2D eigenvalue weighted by molar-refractivity contribution is 0.504. The molecule has 0 aliphatic heterocycles. The predicted octanol–water partition coefficient (Wildman–Crippen LogP) is 4.15. The molecule has 0 spiro atoms. The van der Waals surface area contributed by atoms with Crippen LogP contribution in [0, 0.1) is 12.8 Å². The van der Waals surface area contributed by atoms with Gasteiger partial charge in [-0.1, -0.05) is 26.8 Å². The number of hydrogen-bond acceptors (Lipinski definition) is 2. The van der Waals surface area contributed by atoms with Crippen molar-refractivity contribution >= 4 is 5.69 Å². The van der Waals surface area contributed by atoms with Gasteiger partial charge in [0.25, 0.3) is 0 Å². The second-order valence-electron chi connectivity index (χ2n) is 6.57. The number of anilines is 1. The number of aryl methyl sites for hydroxylation is 1. The molecule has 2 N–H and O–H groups in total. The summed E-state index contributed by atoms with van der Waals surface area (Å²) in [4.78, 5) is 2.39. The van der Waals surface area contributed by atoms with Crippen LogP contribution in [-0.2, 0) is 6.42 Å². The predicted molar refractivity (Wildman–Crippen MR) is 90.5 cm³/mol. The van der Waals surface area contributed by atoms with Gasteiger partial charge >= 0.3 is 0 Å². The Morgan fingerprint density at radius 2 is 1.85 bits per heavy atom. The van der Waals surface area contributed by atoms with Crippen LogP contribution in [0.25, 0.3) is 0 Å². The summed E-state index contributed by atoms with van der Waals surface area (Å²) < 4.78 is 0. The molecule has 1 aromatic carbocycles. The Bertz CT molecular complexity index is 412. The molecule has 0 aromatic heterocycles. The van der Waals surface area contributed by atoms with Crippen molar-refractivity contribution in [2.45, 2.75) is 66.0 Å². The van der Waals surface area contributed by atoms with Crippen molar-refractivity contribution in [2.75, 3.05) is 11.9 Å². The van der Waals surface area contributed by atoms with E-state index < -0.39 is 0 Å². The molecule has 20 heavy (non-hydrogen) atoms. The van der Waals surface area contributed by atoms with E-state index in [2.05, 4.69) is 64.8 Å². The van der Waals surface area contributed by atoms with Crippen LogP contribution in [0.4, 0.5) is 5.69 Å². The summed E-state index contributed by atoms with van der Waals surface area (Å²) >= 11 is 0. The van der Waals surface area contributed by atoms with E-state index in [1.54, 1.807) is 0 Å². The van der Waals surface area contributed by atoms with E-state index in [-0.39, 0.29) is 6.04 Å². The molecular formula is C18H32N2. The Hall–Kier alpha value is -1.02. The first-order valence-corrected chi connectivity index (χ1v) is 7.93. The first kappa shape index (κ1) is 17.0. The number of hydrogen-bond donors (Lipinski definition) is 1. The van der Waals surface area contributed by atoms with Crippen molar-refractivity contribution in [3.63, 3.8) is 0 Å². The van der Waals surface area contributed by atoms with Crippen LogP contribution in [-0.4, -0.2) is 19.1 Å². The van der Waals surface area contributed by atoms with Crippen LogP contribution < -0.4 is 10.6 Å². The highest BCUT2D eigenvalue weighted by Crippen LogP contribution is 2.23. The van der Waals surface area contributed by atoms with Crippen LogP contribution in [0.15, 0.2) is 18.2 Å². The summed E-state index contributed by atoms with van der Waals surface area (Å²) in [5.74, 6) is 0.732. The van der Waals surface area contributed by atoms with E-state index in [1.165, 1.54) is 23.2 Å². The fourth-order valence-corrected chi connectivity index (χ4v) is 2.65. The lowest BCUT2D eigenvalue weighted by atomic mass is 9.98. The average molecular weight is 276 g/mol. The second-order valence-corrected chi connectivity index (χ2v) is 6.57. The van der Waals surface area contributed by atoms with Crippen LogP contribution in [0.2, 0.25) is 0 Å². The molecule has 2 atom stereocenters. The standard InChI is InChI=1S/C18H32N2/c1-7-17(19)12-16-8-9-18(11-14(16)4)20(6)15(5)10-13(2)3/h8-9,11,13,15,17H,7,10,12,19H2,1-6H3. The van der Waals surface area contributed by atoms with Gasteiger partial charge in [-0.3, -0.25) is 0 Å². The first-order chi connectivity index (χ1) is 9.35. The Morgan fingerprint density at radius 3 is 2.35 bits per heavy atom. The van der Waals surface area contributed by atoms with Gasteiger partial charge in [0.2, 0.25) is 0 Å². The number of rotatable bonds is 7. The first-order valence-electron chi connectivity index (χ1n) is 7.93. The summed E-state index contributed by atoms with van der Waals surface area (Å²) in [6.07, 6.45) is 3.23. The van der Waals surface area contributed by atoms with Gasteiger partial charge in [-0.25, -0.2) is 0 Å². The van der Waals surface area contributed by atoms with Gasteiger partial charge in [0.1, 0.15) is 0 Å². The highest BCUT2D eigenvalue weighted by molar-refractivity contribution is 5.51. The minimum atomic E-state index is 0.275. The molecule has 0 fully saturated rings. The molecule has 0 saturated heterocycles. The Balaban J connectivity index is 2.80. The Kier molecular flexibility index (Phi) is 6.54. The molecule has 2 nitrogen and oxygen atoms in total. The minimum Gasteiger partial charge on any atom is -0.372 e. The van der Waals surface area contributed by atoms with E-state index in [0.29, 0.717) is 6.04 Å². The molecule has 0 saturated carbocycles. The molecular weight excluding hydrogens is 244 g/mol. The third-order valence-electron chi connectivity index (χ3n) is 4.21. The molecule has 1 aromatic rings. The van der Waals surface area contributed by atoms with Gasteiger partial charge < -0.3 is 10.6 Å². The highest BCUT2D eigenvalue weighted by atomic mass is 15.1. The largest absolute Gasteiger partial charge is 0.372 e. The third kappa shape index (κ3) is 4.82. The number of benzene rings is 1. The van der Waals surface area contributed by atoms with Crippen molar-refractivity contribution in [3.8, 4) is 0 Å². The zero-order valence-electron chi connectivity index (χ0n) is 14.1. The lowest BCUT2D eigenvalue weighted by Gasteiger charge is -2.29. The fraction of sp³-hybridized carbons (Fsp3) is 0.667. The van der Waals surface area contributed by atoms with Gasteiger partial charge in [0.15, 0.2) is 0 Å². The van der Waals surface area contributed by atoms with E-state index in [0.717, 1.165) is 18.8 Å². The van der Waals surface area contributed by atoms with E-state index in [4.69, 9.17) is 5.73 Å². The maximum absolute atomic E-state index is 6.06. The number of nitrogens with two attached hydrogens (primary N) is 1. The van der Waals surface area contributed by atoms with E-state index >= 15 is 0 Å². The topological polar surface area (TPSA) is 29.3 Å². The monoisotopic (exact) mass is 276 g/mol. The molecule has 2 heteroatoms. The highest BCUT2D eigenvalue weighted by Gasteiger charge is 2.13. The minimum absolute atomic E-state index is 0.275. The molecule has 0 amide bonds. The molecule has 1 rings (SSSR count). The van der Waals surface area contributed by atoms with Crippen LogP contribution in [0.1, 0.15) is 51.7 Å². The second kappa shape index (κ2) is 7.68. The summed E-state index contributed by atoms with van der Waals surface area (Å²) in [5.41, 5.74) is 10.1. The fourth-order valence-electron chi connectivity index (χ4n) is 2.65. The van der Waals surface area contributed by atoms with Crippen molar-refractivity contribution in [1.29, 1.82) is 0 Å². The average Bonchev–Trinajstić information content (AvgIpc) is 2.39. The van der Waals surface area contributed by atoms with Crippen molar-refractivity contribution in [2.24, 2.45) is 11.7 Å². The molecule has 2 unspecified atom stereocenters. The molecule has 0 heterocycles. The maximum atomic E-state index is 6.06. The summed E-state index contributed by atoms with van der Waals surface area (Å²) in [6, 6.07) is 7.63. The summed E-state index contributed by atoms with van der Waals surface area (Å²) in [7, 11) is 2.19. The zero-order valence-corrected chi connectivity index (χ0v) is 14.1. The normalized spacial score (nSPS) is 14.4. The maximum Gasteiger partial charge on any atom is 0.0368 e. The van der Waals surface area contributed by atoms with Gasteiger partial charge in [-0.2, -0.15) is 0 Å². The SMILES string of the molecule is CCC(N)Cc1ccc(N(C)C(C)CC(C)C)cc1C. The molecule has 0 radical (unpaired) electrons. The van der Waals surface area contributed by atoms with Gasteiger partial charge in [-0.05, 0) is 62.3 Å². The summed E-state index contributed by atoms with van der Waals surface area (Å²) in [5, 5.41) is 0. The molecule has 0 aliphatic carbocycles. The van der Waals surface area contributed by atoms with Crippen LogP contribution in [0.3, 0.4) is 0 Å². The third-order valence-corrected chi connectivity index (χ3v) is 4.21. The zero-order chi connectivity index (χ0) is 15.3. The van der Waals surface area contributed by atoms with Crippen LogP contribution in [0.5, 0.6) is 0 Å². The molecule has 114 valence electrons. The number of nitrogens with zero attached hydrogens (tertiary/aromatic N) is 1. The van der Waals surface area contributed by atoms with Crippen LogP contribution >= 0.6 is 0 Å². The quantitative estimate of drug-likeness (QED) is 0.811. The molecule has 0 aliphatic rings. The van der Waals surface area contributed by atoms with E-state index in [9.17, 15) is 0 Å². The van der Waals surface area contributed by atoms with Gasteiger partial charge in [-0.15, -0.1) is 0 Å². The van der Waals surface area contributed by atoms with Gasteiger partial charge in [0, 0.05) is 24.8 Å². The Morgan fingerprint density at radius 1 is 1.20 bits per heavy atom. The lowest BCUT2D eigenvalue weighted by Crippen LogP contribution is -2.30. The van der Waals surface area contributed by atoms with E-state index in [1.807, 2.05) is 0 Å².